The molecule has 25 heavy (non-hydrogen) atoms. The van der Waals surface area contributed by atoms with Crippen molar-refractivity contribution in [2.45, 2.75) is 59.2 Å². The molecule has 1 heterocycles. The van der Waals surface area contributed by atoms with Crippen molar-refractivity contribution < 1.29 is 0 Å². The number of hydrogen-bond acceptors (Lipinski definition) is 2. The smallest absolute Gasteiger partial charge is 0.191 e. The van der Waals surface area contributed by atoms with Crippen LogP contribution in [0.2, 0.25) is 0 Å². The zero-order valence-electron chi connectivity index (χ0n) is 16.2. The van der Waals surface area contributed by atoms with E-state index in [1.807, 2.05) is 7.05 Å². The minimum Gasteiger partial charge on any atom is -0.354 e. The van der Waals surface area contributed by atoms with Crippen molar-refractivity contribution in [2.24, 2.45) is 10.9 Å². The minimum absolute atomic E-state index is 0. The first-order chi connectivity index (χ1) is 11.6. The number of nitrogens with one attached hydrogen (secondary N) is 2. The number of likely N-dealkylation sites (tertiary alicyclic amines) is 1. The topological polar surface area (TPSA) is 39.7 Å². The van der Waals surface area contributed by atoms with Gasteiger partial charge in [0.1, 0.15) is 0 Å². The molecule has 0 bridgehead atoms. The first-order valence-corrected chi connectivity index (χ1v) is 9.38. The van der Waals surface area contributed by atoms with Gasteiger partial charge in [-0.05, 0) is 56.3 Å². The van der Waals surface area contributed by atoms with Crippen LogP contribution in [0.5, 0.6) is 0 Å². The second-order valence-electron chi connectivity index (χ2n) is 7.11. The Morgan fingerprint density at radius 1 is 1.24 bits per heavy atom. The average Bonchev–Trinajstić information content (AvgIpc) is 2.61. The van der Waals surface area contributed by atoms with Crippen molar-refractivity contribution >= 4 is 29.9 Å². The lowest BCUT2D eigenvalue weighted by atomic mass is 9.98. The molecule has 1 aromatic rings. The molecule has 4 nitrogen and oxygen atoms in total. The predicted molar refractivity (Wildman–Crippen MR) is 119 cm³/mol. The van der Waals surface area contributed by atoms with Crippen molar-refractivity contribution in [3.63, 3.8) is 0 Å². The molecule has 1 aliphatic rings. The summed E-state index contributed by atoms with van der Waals surface area (Å²) in [6, 6.07) is 9.20. The van der Waals surface area contributed by atoms with Crippen molar-refractivity contribution in [2.75, 3.05) is 20.1 Å². The zero-order valence-corrected chi connectivity index (χ0v) is 18.5. The van der Waals surface area contributed by atoms with Gasteiger partial charge in [-0.25, -0.2) is 0 Å². The van der Waals surface area contributed by atoms with Gasteiger partial charge in [0, 0.05) is 26.2 Å². The van der Waals surface area contributed by atoms with E-state index >= 15 is 0 Å². The van der Waals surface area contributed by atoms with Crippen LogP contribution in [-0.4, -0.2) is 37.0 Å². The Labute approximate surface area is 170 Å². The number of aliphatic imine (C=N–C) groups is 1. The maximum absolute atomic E-state index is 4.33. The summed E-state index contributed by atoms with van der Waals surface area (Å²) in [5.41, 5.74) is 2.79. The molecule has 1 saturated heterocycles. The zero-order chi connectivity index (χ0) is 17.4. The second-order valence-corrected chi connectivity index (χ2v) is 7.11. The van der Waals surface area contributed by atoms with E-state index in [0.29, 0.717) is 6.04 Å². The van der Waals surface area contributed by atoms with Gasteiger partial charge in [0.25, 0.3) is 0 Å². The molecule has 0 spiro atoms. The molecule has 1 aliphatic heterocycles. The standard InChI is InChI=1S/C20H34N4.HI/c1-5-17(3)23-20(21-4)22-14-18-8-6-7-9-19(18)15-24-12-10-16(2)11-13-24;/h6-9,16-17H,5,10-15H2,1-4H3,(H2,21,22,23);1H. The molecule has 1 aromatic carbocycles. The average molecular weight is 458 g/mol. The number of halogens is 1. The molecule has 0 saturated carbocycles. The lowest BCUT2D eigenvalue weighted by Gasteiger charge is -2.30. The number of hydrogen-bond donors (Lipinski definition) is 2. The lowest BCUT2D eigenvalue weighted by molar-refractivity contribution is 0.185. The monoisotopic (exact) mass is 458 g/mol. The van der Waals surface area contributed by atoms with Crippen LogP contribution in [0.3, 0.4) is 0 Å². The fourth-order valence-corrected chi connectivity index (χ4v) is 3.05. The predicted octanol–water partition coefficient (Wildman–Crippen LogP) is 4.00. The fraction of sp³-hybridized carbons (Fsp3) is 0.650. The van der Waals surface area contributed by atoms with Gasteiger partial charge in [0.15, 0.2) is 5.96 Å². The molecule has 2 rings (SSSR count). The Morgan fingerprint density at radius 3 is 2.48 bits per heavy atom. The molecule has 1 unspecified atom stereocenters. The van der Waals surface area contributed by atoms with Gasteiger partial charge in [-0.2, -0.15) is 0 Å². The van der Waals surface area contributed by atoms with Gasteiger partial charge >= 0.3 is 0 Å². The summed E-state index contributed by atoms with van der Waals surface area (Å²) in [6.07, 6.45) is 3.74. The van der Waals surface area contributed by atoms with Crippen molar-refractivity contribution in [3.05, 3.63) is 35.4 Å². The highest BCUT2D eigenvalue weighted by molar-refractivity contribution is 14.0. The maximum atomic E-state index is 4.33. The van der Waals surface area contributed by atoms with E-state index < -0.39 is 0 Å². The summed E-state index contributed by atoms with van der Waals surface area (Å²) in [6.45, 7) is 11.0. The third-order valence-electron chi connectivity index (χ3n) is 5.05. The largest absolute Gasteiger partial charge is 0.354 e. The van der Waals surface area contributed by atoms with Crippen LogP contribution < -0.4 is 10.6 Å². The van der Waals surface area contributed by atoms with Crippen LogP contribution in [0.4, 0.5) is 0 Å². The molecule has 1 atom stereocenters. The molecule has 1 fully saturated rings. The van der Waals surface area contributed by atoms with Gasteiger partial charge in [-0.15, -0.1) is 24.0 Å². The minimum atomic E-state index is 0. The molecule has 0 aromatic heterocycles. The van der Waals surface area contributed by atoms with E-state index in [1.165, 1.54) is 37.1 Å². The Hall–Kier alpha value is -0.820. The van der Waals surface area contributed by atoms with Crippen LogP contribution in [-0.2, 0) is 13.1 Å². The molecule has 0 aliphatic carbocycles. The maximum Gasteiger partial charge on any atom is 0.191 e. The summed E-state index contributed by atoms with van der Waals surface area (Å²) in [7, 11) is 1.83. The molecular weight excluding hydrogens is 423 g/mol. The number of rotatable bonds is 6. The number of piperidine rings is 1. The number of benzene rings is 1. The third-order valence-corrected chi connectivity index (χ3v) is 5.05. The highest BCUT2D eigenvalue weighted by Crippen LogP contribution is 2.19. The van der Waals surface area contributed by atoms with Crippen LogP contribution in [0.25, 0.3) is 0 Å². The van der Waals surface area contributed by atoms with E-state index in [9.17, 15) is 0 Å². The highest BCUT2D eigenvalue weighted by Gasteiger charge is 2.16. The number of guanidine groups is 1. The third kappa shape index (κ3) is 7.52. The first kappa shape index (κ1) is 22.2. The van der Waals surface area contributed by atoms with Crippen LogP contribution in [0, 0.1) is 5.92 Å². The van der Waals surface area contributed by atoms with Gasteiger partial charge in [0.05, 0.1) is 0 Å². The summed E-state index contributed by atoms with van der Waals surface area (Å²) >= 11 is 0. The summed E-state index contributed by atoms with van der Waals surface area (Å²) < 4.78 is 0. The van der Waals surface area contributed by atoms with E-state index in [2.05, 4.69) is 65.6 Å². The normalized spacial score (nSPS) is 17.7. The SMILES string of the molecule is CCC(C)NC(=NC)NCc1ccccc1CN1CCC(C)CC1.I. The molecule has 0 radical (unpaired) electrons. The summed E-state index contributed by atoms with van der Waals surface area (Å²) in [5, 5.41) is 6.88. The Kier molecular flexibility index (Phi) is 10.4. The van der Waals surface area contributed by atoms with Gasteiger partial charge in [-0.1, -0.05) is 38.1 Å². The van der Waals surface area contributed by atoms with Crippen molar-refractivity contribution in [1.82, 2.24) is 15.5 Å². The van der Waals surface area contributed by atoms with E-state index in [-0.39, 0.29) is 24.0 Å². The Balaban J connectivity index is 0.00000312. The fourth-order valence-electron chi connectivity index (χ4n) is 3.05. The van der Waals surface area contributed by atoms with Gasteiger partial charge < -0.3 is 10.6 Å². The van der Waals surface area contributed by atoms with Crippen molar-refractivity contribution in [3.8, 4) is 0 Å². The Morgan fingerprint density at radius 2 is 1.88 bits per heavy atom. The number of nitrogens with zero attached hydrogens (tertiary/aromatic N) is 2. The second kappa shape index (κ2) is 11.7. The molecule has 142 valence electrons. The van der Waals surface area contributed by atoms with Crippen molar-refractivity contribution in [1.29, 1.82) is 0 Å². The van der Waals surface area contributed by atoms with Gasteiger partial charge in [-0.3, -0.25) is 9.89 Å². The van der Waals surface area contributed by atoms with E-state index in [4.69, 9.17) is 0 Å². The molecule has 0 amide bonds. The van der Waals surface area contributed by atoms with E-state index in [1.54, 1.807) is 0 Å². The highest BCUT2D eigenvalue weighted by atomic mass is 127. The summed E-state index contributed by atoms with van der Waals surface area (Å²) in [4.78, 5) is 6.92. The quantitative estimate of drug-likeness (QED) is 0.385. The van der Waals surface area contributed by atoms with Crippen LogP contribution >= 0.6 is 24.0 Å². The summed E-state index contributed by atoms with van der Waals surface area (Å²) in [5.74, 6) is 1.76. The van der Waals surface area contributed by atoms with Crippen LogP contribution in [0.15, 0.2) is 29.3 Å². The van der Waals surface area contributed by atoms with Gasteiger partial charge in [0.2, 0.25) is 0 Å². The Bertz CT molecular complexity index is 524. The van der Waals surface area contributed by atoms with Crippen LogP contribution in [0.1, 0.15) is 51.2 Å². The first-order valence-electron chi connectivity index (χ1n) is 9.38. The van der Waals surface area contributed by atoms with E-state index in [0.717, 1.165) is 31.4 Å². The molecule has 5 heteroatoms. The molecular formula is C20H35IN4. The molecule has 2 N–H and O–H groups in total. The lowest BCUT2D eigenvalue weighted by Crippen LogP contribution is -2.41.